The molecule has 6 nitrogen and oxygen atoms in total. The Hall–Kier alpha value is -3.58. The molecule has 3 aromatic rings. The summed E-state index contributed by atoms with van der Waals surface area (Å²) in [6.45, 7) is 1.80. The van der Waals surface area contributed by atoms with Gasteiger partial charge in [-0.3, -0.25) is 14.4 Å². The number of ether oxygens (including phenoxy) is 1. The van der Waals surface area contributed by atoms with E-state index in [9.17, 15) is 14.4 Å². The zero-order valence-electron chi connectivity index (χ0n) is 17.7. The van der Waals surface area contributed by atoms with Gasteiger partial charge < -0.3 is 15.4 Å². The number of carbonyl (C=O) groups is 3. The third kappa shape index (κ3) is 4.11. The zero-order valence-corrected chi connectivity index (χ0v) is 18.5. The normalized spacial score (nSPS) is 14.1. The molecule has 4 rings (SSSR count). The lowest BCUT2D eigenvalue weighted by Gasteiger charge is -2.27. The first-order chi connectivity index (χ1) is 15.4. The second-order valence-electron chi connectivity index (χ2n) is 7.64. The Morgan fingerprint density at radius 2 is 1.72 bits per heavy atom. The van der Waals surface area contributed by atoms with Crippen molar-refractivity contribution in [2.75, 3.05) is 19.0 Å². The second-order valence-corrected chi connectivity index (χ2v) is 8.72. The largest absolute Gasteiger partial charge is 0.468 e. The summed E-state index contributed by atoms with van der Waals surface area (Å²) in [4.78, 5) is 39.8. The maximum Gasteiger partial charge on any atom is 0.317 e. The molecule has 0 spiro atoms. The lowest BCUT2D eigenvalue weighted by Crippen LogP contribution is -2.45. The number of amides is 2. The van der Waals surface area contributed by atoms with Gasteiger partial charge in [-0.25, -0.2) is 0 Å². The summed E-state index contributed by atoms with van der Waals surface area (Å²) >= 11 is 1.47. The average molecular weight is 447 g/mol. The predicted molar refractivity (Wildman–Crippen MR) is 123 cm³/mol. The van der Waals surface area contributed by atoms with Crippen LogP contribution in [0.2, 0.25) is 0 Å². The van der Waals surface area contributed by atoms with Gasteiger partial charge >= 0.3 is 5.97 Å². The van der Waals surface area contributed by atoms with Crippen molar-refractivity contribution in [2.45, 2.75) is 22.1 Å². The van der Waals surface area contributed by atoms with E-state index in [2.05, 4.69) is 10.6 Å². The molecule has 1 atom stereocenters. The summed E-state index contributed by atoms with van der Waals surface area (Å²) in [7, 11) is 1.33. The van der Waals surface area contributed by atoms with E-state index in [1.807, 2.05) is 54.6 Å². The first kappa shape index (κ1) is 21.6. The van der Waals surface area contributed by atoms with Crippen LogP contribution < -0.4 is 10.6 Å². The number of hydrogen-bond acceptors (Lipinski definition) is 5. The second kappa shape index (κ2) is 8.88. The van der Waals surface area contributed by atoms with E-state index in [0.29, 0.717) is 16.8 Å². The molecule has 1 aliphatic rings. The third-order valence-corrected chi connectivity index (χ3v) is 6.64. The van der Waals surface area contributed by atoms with Gasteiger partial charge in [0.2, 0.25) is 0 Å². The molecular formula is C25H22N2O4S. The van der Waals surface area contributed by atoms with Crippen LogP contribution in [-0.4, -0.2) is 31.4 Å². The van der Waals surface area contributed by atoms with Gasteiger partial charge in [0.15, 0.2) is 0 Å². The minimum atomic E-state index is -1.04. The van der Waals surface area contributed by atoms with Crippen molar-refractivity contribution < 1.29 is 19.1 Å². The van der Waals surface area contributed by atoms with Crippen molar-refractivity contribution in [1.82, 2.24) is 5.32 Å². The molecule has 0 radical (unpaired) electrons. The molecule has 2 amide bonds. The first-order valence-corrected chi connectivity index (χ1v) is 10.9. The quantitative estimate of drug-likeness (QED) is 0.572. The van der Waals surface area contributed by atoms with Gasteiger partial charge in [-0.15, -0.1) is 0 Å². The van der Waals surface area contributed by atoms with Gasteiger partial charge in [0.1, 0.15) is 5.41 Å². The molecule has 0 fully saturated rings. The highest BCUT2D eigenvalue weighted by atomic mass is 32.2. The van der Waals surface area contributed by atoms with Gasteiger partial charge in [0.05, 0.1) is 18.4 Å². The van der Waals surface area contributed by atoms with E-state index < -0.39 is 11.4 Å². The van der Waals surface area contributed by atoms with Crippen molar-refractivity contribution in [1.29, 1.82) is 0 Å². The number of nitrogens with one attached hydrogen (secondary N) is 2. The van der Waals surface area contributed by atoms with E-state index in [0.717, 1.165) is 15.4 Å². The smallest absolute Gasteiger partial charge is 0.317 e. The van der Waals surface area contributed by atoms with Crippen LogP contribution in [0.5, 0.6) is 0 Å². The van der Waals surface area contributed by atoms with E-state index in [1.165, 1.54) is 18.9 Å². The summed E-state index contributed by atoms with van der Waals surface area (Å²) in [5, 5.41) is 5.73. The van der Waals surface area contributed by atoms with Crippen LogP contribution in [0.4, 0.5) is 5.69 Å². The number of anilines is 1. The van der Waals surface area contributed by atoms with Gasteiger partial charge in [-0.1, -0.05) is 54.2 Å². The minimum Gasteiger partial charge on any atom is -0.468 e. The highest BCUT2D eigenvalue weighted by molar-refractivity contribution is 7.99. The average Bonchev–Trinajstić information content (AvgIpc) is 2.97. The SMILES string of the molecule is COC(=O)[C@@](C)(CNC(=O)c1ccc2c(c1)NC(=O)c1ccccc1S2)c1ccccc1. The molecule has 1 heterocycles. The Morgan fingerprint density at radius 3 is 2.47 bits per heavy atom. The molecule has 0 aromatic heterocycles. The minimum absolute atomic E-state index is 0.0617. The molecule has 162 valence electrons. The molecule has 0 aliphatic carbocycles. The van der Waals surface area contributed by atoms with Crippen LogP contribution in [-0.2, 0) is 14.9 Å². The zero-order chi connectivity index (χ0) is 22.7. The number of hydrogen-bond donors (Lipinski definition) is 2. The predicted octanol–water partition coefficient (Wildman–Crippen LogP) is 4.26. The van der Waals surface area contributed by atoms with E-state index >= 15 is 0 Å². The van der Waals surface area contributed by atoms with Gasteiger partial charge in [0, 0.05) is 21.9 Å². The number of rotatable bonds is 5. The van der Waals surface area contributed by atoms with Crippen LogP contribution >= 0.6 is 11.8 Å². The van der Waals surface area contributed by atoms with E-state index in [1.54, 1.807) is 25.1 Å². The van der Waals surface area contributed by atoms with E-state index in [-0.39, 0.29) is 18.4 Å². The molecular weight excluding hydrogens is 424 g/mol. The Kier molecular flexibility index (Phi) is 6.01. The van der Waals surface area contributed by atoms with E-state index in [4.69, 9.17) is 4.74 Å². The van der Waals surface area contributed by atoms with Gasteiger partial charge in [0.25, 0.3) is 11.8 Å². The van der Waals surface area contributed by atoms with Crippen LogP contribution in [0.25, 0.3) is 0 Å². The lowest BCUT2D eigenvalue weighted by atomic mass is 9.82. The number of methoxy groups -OCH3 is 1. The fourth-order valence-corrected chi connectivity index (χ4v) is 4.60. The van der Waals surface area contributed by atoms with Crippen molar-refractivity contribution >= 4 is 35.2 Å². The fraction of sp³-hybridized carbons (Fsp3) is 0.160. The molecule has 0 saturated carbocycles. The summed E-state index contributed by atoms with van der Waals surface area (Å²) in [5.74, 6) is -1.00. The number of fused-ring (bicyclic) bond motifs is 2. The maximum absolute atomic E-state index is 12.9. The van der Waals surface area contributed by atoms with Crippen LogP contribution in [0.15, 0.2) is 82.6 Å². The lowest BCUT2D eigenvalue weighted by molar-refractivity contribution is -0.146. The molecule has 2 N–H and O–H groups in total. The van der Waals surface area contributed by atoms with Gasteiger partial charge in [-0.05, 0) is 42.8 Å². The van der Waals surface area contributed by atoms with Crippen molar-refractivity contribution in [3.63, 3.8) is 0 Å². The van der Waals surface area contributed by atoms with Crippen molar-refractivity contribution in [3.8, 4) is 0 Å². The van der Waals surface area contributed by atoms with Crippen molar-refractivity contribution in [3.05, 3.63) is 89.5 Å². The molecule has 0 saturated heterocycles. The Balaban J connectivity index is 1.55. The van der Waals surface area contributed by atoms with Gasteiger partial charge in [-0.2, -0.15) is 0 Å². The standard InChI is InChI=1S/C25H22N2O4S/c1-25(24(30)31-2,17-8-4-3-5-9-17)15-26-22(28)16-12-13-21-19(14-16)27-23(29)18-10-6-7-11-20(18)32-21/h3-14H,15H2,1-2H3,(H,26,28)(H,27,29)/t25-/m0/s1. The van der Waals surface area contributed by atoms with Crippen LogP contribution in [0.1, 0.15) is 33.2 Å². The summed E-state index contributed by atoms with van der Waals surface area (Å²) in [6, 6.07) is 21.7. The molecule has 1 aliphatic heterocycles. The van der Waals surface area contributed by atoms with Crippen LogP contribution in [0, 0.1) is 0 Å². The molecule has 7 heteroatoms. The summed E-state index contributed by atoms with van der Waals surface area (Å²) in [6.07, 6.45) is 0. The molecule has 32 heavy (non-hydrogen) atoms. The Bertz CT molecular complexity index is 1200. The van der Waals surface area contributed by atoms with Crippen LogP contribution in [0.3, 0.4) is 0 Å². The molecule has 0 unspecified atom stereocenters. The summed E-state index contributed by atoms with van der Waals surface area (Å²) in [5.41, 5.74) is 1.26. The Labute approximate surface area is 190 Å². The molecule has 3 aromatic carbocycles. The highest BCUT2D eigenvalue weighted by Crippen LogP contribution is 2.39. The molecule has 0 bridgehead atoms. The number of carbonyl (C=O) groups excluding carboxylic acids is 3. The third-order valence-electron chi connectivity index (χ3n) is 5.49. The van der Waals surface area contributed by atoms with Crippen molar-refractivity contribution in [2.24, 2.45) is 0 Å². The Morgan fingerprint density at radius 1 is 1.00 bits per heavy atom. The fourth-order valence-electron chi connectivity index (χ4n) is 3.59. The maximum atomic E-state index is 12.9. The number of benzene rings is 3. The topological polar surface area (TPSA) is 84.5 Å². The number of esters is 1. The monoisotopic (exact) mass is 446 g/mol. The first-order valence-electron chi connectivity index (χ1n) is 10.1. The highest BCUT2D eigenvalue weighted by Gasteiger charge is 2.37. The summed E-state index contributed by atoms with van der Waals surface area (Å²) < 4.78 is 5.00.